The van der Waals surface area contributed by atoms with Gasteiger partial charge in [-0.2, -0.15) is 0 Å². The zero-order valence-electron chi connectivity index (χ0n) is 11.6. The molecule has 6 nitrogen and oxygen atoms in total. The van der Waals surface area contributed by atoms with Crippen LogP contribution in [-0.2, 0) is 14.2 Å². The van der Waals surface area contributed by atoms with Crippen molar-refractivity contribution >= 4 is 40.5 Å². The van der Waals surface area contributed by atoms with Crippen molar-refractivity contribution in [1.29, 1.82) is 0 Å². The van der Waals surface area contributed by atoms with Gasteiger partial charge in [-0.25, -0.2) is 0 Å². The van der Waals surface area contributed by atoms with E-state index in [0.29, 0.717) is 4.67 Å². The Bertz CT molecular complexity index is 476. The molecule has 0 saturated heterocycles. The Hall–Kier alpha value is -1.12. The Morgan fingerprint density at radius 2 is 2.15 bits per heavy atom. The van der Waals surface area contributed by atoms with Crippen molar-refractivity contribution in [3.05, 3.63) is 16.8 Å². The van der Waals surface area contributed by atoms with E-state index < -0.39 is 19.0 Å². The summed E-state index contributed by atoms with van der Waals surface area (Å²) in [5, 5.41) is 9.76. The van der Waals surface area contributed by atoms with Crippen molar-refractivity contribution in [2.24, 2.45) is 5.92 Å². The summed E-state index contributed by atoms with van der Waals surface area (Å²) in [7, 11) is 1.98. The predicted octanol–water partition coefficient (Wildman–Crippen LogP) is 0.430. The zero-order chi connectivity index (χ0) is 15.3. The van der Waals surface area contributed by atoms with Crippen LogP contribution in [0.2, 0.25) is 0 Å². The third kappa shape index (κ3) is 4.77. The molecule has 0 aromatic carbocycles. The molecule has 1 unspecified atom stereocenters. The van der Waals surface area contributed by atoms with Crippen LogP contribution in [0.5, 0.6) is 0 Å². The number of ketones is 1. The summed E-state index contributed by atoms with van der Waals surface area (Å²) in [6, 6.07) is 3.05. The van der Waals surface area contributed by atoms with Crippen LogP contribution in [0.4, 0.5) is 0 Å². The molecule has 110 valence electrons. The molecule has 0 saturated carbocycles. The lowest BCUT2D eigenvalue weighted by molar-refractivity contribution is -0.145. The highest BCUT2D eigenvalue weighted by Gasteiger charge is 2.33. The SMILES string of the molecule is CCC(=O)C(CN(C)C)C(=O)OB(O)c1ccc(Br)o1. The third-order valence-corrected chi connectivity index (χ3v) is 3.06. The summed E-state index contributed by atoms with van der Waals surface area (Å²) in [6.07, 6.45) is 0.232. The van der Waals surface area contributed by atoms with Gasteiger partial charge in [-0.1, -0.05) is 6.92 Å². The van der Waals surface area contributed by atoms with Crippen molar-refractivity contribution in [2.45, 2.75) is 13.3 Å². The Kier molecular flexibility index (Phi) is 6.44. The Morgan fingerprint density at radius 3 is 2.60 bits per heavy atom. The fraction of sp³-hybridized carbons (Fsp3) is 0.500. The topological polar surface area (TPSA) is 80.0 Å². The molecule has 1 aromatic rings. The normalized spacial score (nSPS) is 12.3. The number of rotatable bonds is 7. The van der Waals surface area contributed by atoms with Gasteiger partial charge in [0.05, 0.1) is 0 Å². The molecule has 1 rings (SSSR count). The van der Waals surface area contributed by atoms with Crippen LogP contribution < -0.4 is 5.66 Å². The van der Waals surface area contributed by atoms with Gasteiger partial charge in [0.25, 0.3) is 0 Å². The van der Waals surface area contributed by atoms with Crippen LogP contribution in [0.25, 0.3) is 0 Å². The number of furan rings is 1. The molecular formula is C12H17BBrNO5. The highest BCUT2D eigenvalue weighted by atomic mass is 79.9. The molecule has 0 aliphatic rings. The van der Waals surface area contributed by atoms with Gasteiger partial charge in [-0.05, 0) is 42.2 Å². The molecule has 0 aliphatic heterocycles. The number of hydrogen-bond acceptors (Lipinski definition) is 6. The number of nitrogens with zero attached hydrogens (tertiary/aromatic N) is 1. The van der Waals surface area contributed by atoms with Gasteiger partial charge in [-0.15, -0.1) is 0 Å². The number of halogens is 1. The molecule has 0 amide bonds. The first-order valence-electron chi connectivity index (χ1n) is 6.16. The summed E-state index contributed by atoms with van der Waals surface area (Å²) < 4.78 is 10.4. The van der Waals surface area contributed by atoms with Crippen molar-refractivity contribution in [2.75, 3.05) is 20.6 Å². The second kappa shape index (κ2) is 7.61. The lowest BCUT2D eigenvalue weighted by Crippen LogP contribution is -2.41. The summed E-state index contributed by atoms with van der Waals surface area (Å²) in [4.78, 5) is 25.5. The van der Waals surface area contributed by atoms with Crippen LogP contribution in [0.15, 0.2) is 21.2 Å². The number of Topliss-reactive ketones (excluding diaryl/α,β-unsaturated/α-hetero) is 1. The highest BCUT2D eigenvalue weighted by molar-refractivity contribution is 9.10. The van der Waals surface area contributed by atoms with E-state index in [-0.39, 0.29) is 24.4 Å². The summed E-state index contributed by atoms with van der Waals surface area (Å²) >= 11 is 3.08. The van der Waals surface area contributed by atoms with Crippen molar-refractivity contribution in [3.63, 3.8) is 0 Å². The Labute approximate surface area is 126 Å². The van der Waals surface area contributed by atoms with E-state index in [1.807, 2.05) is 0 Å². The quantitative estimate of drug-likeness (QED) is 0.570. The van der Waals surface area contributed by atoms with Crippen molar-refractivity contribution in [3.8, 4) is 0 Å². The van der Waals surface area contributed by atoms with Gasteiger partial charge >= 0.3 is 13.1 Å². The van der Waals surface area contributed by atoms with E-state index in [1.54, 1.807) is 32.0 Å². The van der Waals surface area contributed by atoms with Gasteiger partial charge in [0.1, 0.15) is 11.7 Å². The van der Waals surface area contributed by atoms with Gasteiger partial charge in [0.2, 0.25) is 0 Å². The molecule has 8 heteroatoms. The largest absolute Gasteiger partial charge is 0.600 e. The standard InChI is InChI=1S/C12H17BBrNO5/c1-4-9(16)8(7-15(2)3)12(17)20-13(18)10-5-6-11(14)19-10/h5-6,8,18H,4,7H2,1-3H3. The van der Waals surface area contributed by atoms with Crippen LogP contribution in [0.1, 0.15) is 13.3 Å². The maximum atomic E-state index is 12.0. The lowest BCUT2D eigenvalue weighted by atomic mass is 9.86. The molecule has 1 aromatic heterocycles. The van der Waals surface area contributed by atoms with Crippen LogP contribution in [0.3, 0.4) is 0 Å². The van der Waals surface area contributed by atoms with Crippen LogP contribution in [0, 0.1) is 5.92 Å². The summed E-state index contributed by atoms with van der Waals surface area (Å²) in [5.74, 6) is -1.90. The second-order valence-electron chi connectivity index (χ2n) is 4.57. The maximum Gasteiger partial charge on any atom is 0.600 e. The Morgan fingerprint density at radius 1 is 1.50 bits per heavy atom. The molecule has 1 heterocycles. The fourth-order valence-electron chi connectivity index (χ4n) is 1.63. The van der Waals surface area contributed by atoms with Crippen LogP contribution in [-0.4, -0.2) is 49.4 Å². The maximum absolute atomic E-state index is 12.0. The molecule has 0 fully saturated rings. The molecule has 0 bridgehead atoms. The van der Waals surface area contributed by atoms with E-state index in [4.69, 9.17) is 9.07 Å². The minimum absolute atomic E-state index is 0.0952. The van der Waals surface area contributed by atoms with Gasteiger partial charge in [0, 0.05) is 13.0 Å². The molecule has 20 heavy (non-hydrogen) atoms. The molecule has 0 radical (unpaired) electrons. The zero-order valence-corrected chi connectivity index (χ0v) is 13.2. The van der Waals surface area contributed by atoms with Gasteiger partial charge in [-0.3, -0.25) is 9.59 Å². The number of carbonyl (C=O) groups excluding carboxylic acids is 2. The third-order valence-electron chi connectivity index (χ3n) is 2.63. The molecule has 0 aliphatic carbocycles. The van der Waals surface area contributed by atoms with Crippen molar-refractivity contribution in [1.82, 2.24) is 4.90 Å². The summed E-state index contributed by atoms with van der Waals surface area (Å²) in [6.45, 7) is 1.92. The average molecular weight is 346 g/mol. The molecule has 1 N–H and O–H groups in total. The van der Waals surface area contributed by atoms with Gasteiger partial charge < -0.3 is 19.0 Å². The second-order valence-corrected chi connectivity index (χ2v) is 5.35. The van der Waals surface area contributed by atoms with Gasteiger partial charge in [0.15, 0.2) is 10.3 Å². The first-order valence-corrected chi connectivity index (χ1v) is 6.95. The minimum atomic E-state index is -1.52. The first-order chi connectivity index (χ1) is 9.35. The molecule has 0 spiro atoms. The first kappa shape index (κ1) is 16.9. The van der Waals surface area contributed by atoms with E-state index >= 15 is 0 Å². The molecule has 1 atom stereocenters. The van der Waals surface area contributed by atoms with E-state index in [1.165, 1.54) is 6.07 Å². The smallest absolute Gasteiger partial charge is 0.503 e. The highest BCUT2D eigenvalue weighted by Crippen LogP contribution is 2.10. The monoisotopic (exact) mass is 345 g/mol. The minimum Gasteiger partial charge on any atom is -0.503 e. The van der Waals surface area contributed by atoms with Crippen LogP contribution >= 0.6 is 15.9 Å². The average Bonchev–Trinajstić information content (AvgIpc) is 2.81. The summed E-state index contributed by atoms with van der Waals surface area (Å²) in [5.41, 5.74) is 0.0952. The number of hydrogen-bond donors (Lipinski definition) is 1. The molecular weight excluding hydrogens is 329 g/mol. The lowest BCUT2D eigenvalue weighted by Gasteiger charge is -2.19. The number of carbonyl (C=O) groups is 2. The van der Waals surface area contributed by atoms with E-state index in [2.05, 4.69) is 15.9 Å². The van der Waals surface area contributed by atoms with E-state index in [0.717, 1.165) is 0 Å². The predicted molar refractivity (Wildman–Crippen MR) is 77.4 cm³/mol. The van der Waals surface area contributed by atoms with Crippen molar-refractivity contribution < 1.29 is 23.7 Å². The fourth-order valence-corrected chi connectivity index (χ4v) is 1.95. The van der Waals surface area contributed by atoms with E-state index in [9.17, 15) is 14.6 Å². The Balaban J connectivity index is 2.72.